The Morgan fingerprint density at radius 1 is 1.28 bits per heavy atom. The zero-order valence-corrected chi connectivity index (χ0v) is 12.6. The summed E-state index contributed by atoms with van der Waals surface area (Å²) in [5.74, 6) is 0. The fourth-order valence-electron chi connectivity index (χ4n) is 1.78. The van der Waals surface area contributed by atoms with Crippen molar-refractivity contribution in [2.75, 3.05) is 26.9 Å². The molecule has 0 aliphatic rings. The lowest BCUT2D eigenvalue weighted by Crippen LogP contribution is -2.07. The SMILES string of the molecule is COCCOCCCn1ncc2ccc(I)cc21. The number of nitrogens with zero attached hydrogens (tertiary/aromatic N) is 2. The predicted octanol–water partition coefficient (Wildman–Crippen LogP) is 2.69. The van der Waals surface area contributed by atoms with E-state index in [4.69, 9.17) is 9.47 Å². The molecule has 1 aromatic heterocycles. The molecule has 1 aromatic carbocycles. The minimum absolute atomic E-state index is 0.656. The van der Waals surface area contributed by atoms with Crippen LogP contribution in [-0.2, 0) is 16.0 Å². The van der Waals surface area contributed by atoms with Crippen LogP contribution in [0.1, 0.15) is 6.42 Å². The molecule has 0 unspecified atom stereocenters. The zero-order valence-electron chi connectivity index (χ0n) is 10.4. The first-order valence-electron chi connectivity index (χ1n) is 5.99. The van der Waals surface area contributed by atoms with Gasteiger partial charge in [0.25, 0.3) is 0 Å². The summed E-state index contributed by atoms with van der Waals surface area (Å²) >= 11 is 2.32. The lowest BCUT2D eigenvalue weighted by molar-refractivity contribution is 0.0678. The Morgan fingerprint density at radius 3 is 3.00 bits per heavy atom. The van der Waals surface area contributed by atoms with Crippen molar-refractivity contribution >= 4 is 33.5 Å². The highest BCUT2D eigenvalue weighted by Gasteiger charge is 2.02. The molecule has 1 heterocycles. The van der Waals surface area contributed by atoms with Crippen LogP contribution < -0.4 is 0 Å². The number of rotatable bonds is 7. The van der Waals surface area contributed by atoms with E-state index >= 15 is 0 Å². The number of methoxy groups -OCH3 is 1. The molecule has 98 valence electrons. The molecule has 0 saturated heterocycles. The highest BCUT2D eigenvalue weighted by Crippen LogP contribution is 2.17. The third-order valence-corrected chi connectivity index (χ3v) is 3.37. The van der Waals surface area contributed by atoms with E-state index in [0.29, 0.717) is 13.2 Å². The van der Waals surface area contributed by atoms with Gasteiger partial charge in [0.15, 0.2) is 0 Å². The van der Waals surface area contributed by atoms with Gasteiger partial charge in [0.2, 0.25) is 0 Å². The van der Waals surface area contributed by atoms with Gasteiger partial charge in [0.1, 0.15) is 0 Å². The molecule has 0 aliphatic heterocycles. The summed E-state index contributed by atoms with van der Waals surface area (Å²) in [5.41, 5.74) is 1.19. The summed E-state index contributed by atoms with van der Waals surface area (Å²) in [6.45, 7) is 2.95. The van der Waals surface area contributed by atoms with Gasteiger partial charge in [-0.2, -0.15) is 5.10 Å². The van der Waals surface area contributed by atoms with Crippen molar-refractivity contribution in [1.82, 2.24) is 9.78 Å². The second kappa shape index (κ2) is 7.06. The second-order valence-corrected chi connectivity index (χ2v) is 5.28. The highest BCUT2D eigenvalue weighted by atomic mass is 127. The predicted molar refractivity (Wildman–Crippen MR) is 79.8 cm³/mol. The minimum Gasteiger partial charge on any atom is -0.382 e. The molecule has 5 heteroatoms. The molecular weight excluding hydrogens is 343 g/mol. The fraction of sp³-hybridized carbons (Fsp3) is 0.462. The Balaban J connectivity index is 1.86. The Bertz CT molecular complexity index is 499. The van der Waals surface area contributed by atoms with Crippen molar-refractivity contribution < 1.29 is 9.47 Å². The lowest BCUT2D eigenvalue weighted by atomic mass is 10.2. The third kappa shape index (κ3) is 3.66. The van der Waals surface area contributed by atoms with Gasteiger partial charge in [0, 0.05) is 29.2 Å². The Labute approximate surface area is 120 Å². The van der Waals surface area contributed by atoms with Gasteiger partial charge in [-0.05, 0) is 41.1 Å². The first-order valence-corrected chi connectivity index (χ1v) is 7.07. The molecule has 2 aromatic rings. The van der Waals surface area contributed by atoms with Gasteiger partial charge in [-0.15, -0.1) is 0 Å². The quantitative estimate of drug-likeness (QED) is 0.563. The topological polar surface area (TPSA) is 36.3 Å². The second-order valence-electron chi connectivity index (χ2n) is 4.03. The molecule has 2 rings (SSSR count). The first-order chi connectivity index (χ1) is 8.81. The van der Waals surface area contributed by atoms with Gasteiger partial charge >= 0.3 is 0 Å². The number of aromatic nitrogens is 2. The van der Waals surface area contributed by atoms with Gasteiger partial charge < -0.3 is 9.47 Å². The molecule has 0 aliphatic carbocycles. The van der Waals surface area contributed by atoms with E-state index in [2.05, 4.69) is 45.9 Å². The molecule has 4 nitrogen and oxygen atoms in total. The summed E-state index contributed by atoms with van der Waals surface area (Å²) in [6, 6.07) is 6.37. The number of benzene rings is 1. The molecular formula is C13H17IN2O2. The van der Waals surface area contributed by atoms with Gasteiger partial charge in [-0.3, -0.25) is 4.68 Å². The molecule has 0 saturated carbocycles. The van der Waals surface area contributed by atoms with E-state index in [1.165, 1.54) is 14.5 Å². The summed E-state index contributed by atoms with van der Waals surface area (Å²) in [4.78, 5) is 0. The third-order valence-electron chi connectivity index (χ3n) is 2.70. The van der Waals surface area contributed by atoms with Crippen molar-refractivity contribution in [3.8, 4) is 0 Å². The molecule has 18 heavy (non-hydrogen) atoms. The maximum atomic E-state index is 5.44. The van der Waals surface area contributed by atoms with Crippen LogP contribution in [0.15, 0.2) is 24.4 Å². The normalized spacial score (nSPS) is 11.2. The number of aryl methyl sites for hydroxylation is 1. The Hall–Kier alpha value is -0.660. The van der Waals surface area contributed by atoms with E-state index in [-0.39, 0.29) is 0 Å². The van der Waals surface area contributed by atoms with Gasteiger partial charge in [0.05, 0.1) is 24.9 Å². The zero-order chi connectivity index (χ0) is 12.8. The molecule has 0 amide bonds. The van der Waals surface area contributed by atoms with Crippen LogP contribution in [0.5, 0.6) is 0 Å². The minimum atomic E-state index is 0.656. The fourth-order valence-corrected chi connectivity index (χ4v) is 2.26. The molecule has 0 atom stereocenters. The van der Waals surface area contributed by atoms with Crippen LogP contribution in [0.2, 0.25) is 0 Å². The smallest absolute Gasteiger partial charge is 0.0700 e. The van der Waals surface area contributed by atoms with Gasteiger partial charge in [-0.25, -0.2) is 0 Å². The average molecular weight is 360 g/mol. The molecule has 0 radical (unpaired) electrons. The van der Waals surface area contributed by atoms with Crippen molar-refractivity contribution in [3.05, 3.63) is 28.0 Å². The van der Waals surface area contributed by atoms with Crippen LogP contribution in [0.4, 0.5) is 0 Å². The largest absolute Gasteiger partial charge is 0.382 e. The monoisotopic (exact) mass is 360 g/mol. The molecule has 0 bridgehead atoms. The van der Waals surface area contributed by atoms with E-state index in [0.717, 1.165) is 19.6 Å². The van der Waals surface area contributed by atoms with Crippen molar-refractivity contribution in [3.63, 3.8) is 0 Å². The van der Waals surface area contributed by atoms with Crippen molar-refractivity contribution in [2.45, 2.75) is 13.0 Å². The maximum absolute atomic E-state index is 5.44. The van der Waals surface area contributed by atoms with Crippen LogP contribution >= 0.6 is 22.6 Å². The standard InChI is InChI=1S/C13H17IN2O2/c1-17-7-8-18-6-2-5-16-13-9-12(14)4-3-11(13)10-15-16/h3-4,9-10H,2,5-8H2,1H3. The number of hydrogen-bond acceptors (Lipinski definition) is 3. The highest BCUT2D eigenvalue weighted by molar-refractivity contribution is 14.1. The number of ether oxygens (including phenoxy) is 2. The van der Waals surface area contributed by atoms with Gasteiger partial charge in [-0.1, -0.05) is 6.07 Å². The summed E-state index contributed by atoms with van der Waals surface area (Å²) < 4.78 is 13.6. The number of halogens is 1. The van der Waals surface area contributed by atoms with E-state index in [1.54, 1.807) is 7.11 Å². The molecule has 0 N–H and O–H groups in total. The van der Waals surface area contributed by atoms with Crippen LogP contribution in [0, 0.1) is 3.57 Å². The summed E-state index contributed by atoms with van der Waals surface area (Å²) in [5, 5.41) is 5.59. The molecule has 0 spiro atoms. The van der Waals surface area contributed by atoms with Crippen LogP contribution in [0.3, 0.4) is 0 Å². The lowest BCUT2D eigenvalue weighted by Gasteiger charge is -2.05. The van der Waals surface area contributed by atoms with E-state index in [9.17, 15) is 0 Å². The average Bonchev–Trinajstić information content (AvgIpc) is 2.76. The summed E-state index contributed by atoms with van der Waals surface area (Å²) in [7, 11) is 1.68. The van der Waals surface area contributed by atoms with Crippen molar-refractivity contribution in [1.29, 1.82) is 0 Å². The first kappa shape index (κ1) is 13.8. The number of hydrogen-bond donors (Lipinski definition) is 0. The Kier molecular flexibility index (Phi) is 5.40. The van der Waals surface area contributed by atoms with Crippen LogP contribution in [0.25, 0.3) is 10.9 Å². The van der Waals surface area contributed by atoms with Crippen LogP contribution in [-0.4, -0.2) is 36.7 Å². The molecule has 0 fully saturated rings. The number of fused-ring (bicyclic) bond motifs is 1. The van der Waals surface area contributed by atoms with E-state index < -0.39 is 0 Å². The maximum Gasteiger partial charge on any atom is 0.0700 e. The van der Waals surface area contributed by atoms with Crippen molar-refractivity contribution in [2.24, 2.45) is 0 Å². The van der Waals surface area contributed by atoms with E-state index in [1.807, 2.05) is 10.9 Å². The summed E-state index contributed by atoms with van der Waals surface area (Å²) in [6.07, 6.45) is 2.88. The Morgan fingerprint density at radius 2 is 2.17 bits per heavy atom.